The molecule has 0 bridgehead atoms. The number of aryl methyl sites for hydroxylation is 1. The first-order valence-corrected chi connectivity index (χ1v) is 7.73. The van der Waals surface area contributed by atoms with Crippen LogP contribution in [-0.4, -0.2) is 18.1 Å². The number of benzene rings is 1. The summed E-state index contributed by atoms with van der Waals surface area (Å²) in [6, 6.07) is 12.9. The molecule has 1 aromatic carbocycles. The Kier molecular flexibility index (Phi) is 5.61. The Morgan fingerprint density at radius 3 is 2.38 bits per heavy atom. The molecule has 1 aromatic heterocycles. The molecule has 2 rings (SSSR count). The van der Waals surface area contributed by atoms with Gasteiger partial charge in [0.25, 0.3) is 0 Å². The summed E-state index contributed by atoms with van der Waals surface area (Å²) in [6.45, 7) is 9.30. The van der Waals surface area contributed by atoms with Crippen molar-refractivity contribution in [3.63, 3.8) is 0 Å². The Bertz CT molecular complexity index is 531. The Morgan fingerprint density at radius 2 is 1.81 bits per heavy atom. The number of nitrogens with one attached hydrogen (secondary N) is 1. The molecule has 0 unspecified atom stereocenters. The summed E-state index contributed by atoms with van der Waals surface area (Å²) in [6.07, 6.45) is 3.08. The molecule has 0 saturated carbocycles. The van der Waals surface area contributed by atoms with Gasteiger partial charge in [0.2, 0.25) is 0 Å². The van der Waals surface area contributed by atoms with E-state index in [0.717, 1.165) is 31.9 Å². The van der Waals surface area contributed by atoms with Gasteiger partial charge in [-0.2, -0.15) is 0 Å². The molecule has 2 aromatic rings. The maximum Gasteiger partial charge on any atom is 0.125 e. The van der Waals surface area contributed by atoms with E-state index in [4.69, 9.17) is 0 Å². The van der Waals surface area contributed by atoms with Crippen molar-refractivity contribution >= 4 is 11.5 Å². The summed E-state index contributed by atoms with van der Waals surface area (Å²) in [5.41, 5.74) is 3.79. The molecule has 112 valence electrons. The molecule has 1 heterocycles. The number of anilines is 2. The van der Waals surface area contributed by atoms with Crippen molar-refractivity contribution in [1.82, 2.24) is 4.98 Å². The molecule has 0 amide bonds. The smallest absolute Gasteiger partial charge is 0.125 e. The molecule has 0 atom stereocenters. The number of aromatic nitrogens is 1. The molecule has 0 saturated heterocycles. The molecule has 21 heavy (non-hydrogen) atoms. The van der Waals surface area contributed by atoms with Crippen molar-refractivity contribution < 1.29 is 0 Å². The van der Waals surface area contributed by atoms with Gasteiger partial charge >= 0.3 is 0 Å². The third-order valence-corrected chi connectivity index (χ3v) is 3.54. The van der Waals surface area contributed by atoms with Gasteiger partial charge in [-0.15, -0.1) is 0 Å². The molecule has 0 radical (unpaired) electrons. The standard InChI is InChI=1S/C18H25N3/c1-4-12-19-18-11-8-16(13-20-18)14-21(5-2)17-9-6-15(3)7-10-17/h6-11,13H,4-5,12,14H2,1-3H3,(H,19,20). The van der Waals surface area contributed by atoms with E-state index in [2.05, 4.69) is 72.4 Å². The first-order valence-electron chi connectivity index (χ1n) is 7.73. The lowest BCUT2D eigenvalue weighted by molar-refractivity contribution is 0.827. The van der Waals surface area contributed by atoms with Crippen LogP contribution in [0.2, 0.25) is 0 Å². The molecule has 0 aliphatic heterocycles. The minimum absolute atomic E-state index is 0.890. The molecular weight excluding hydrogens is 258 g/mol. The maximum absolute atomic E-state index is 4.47. The van der Waals surface area contributed by atoms with Gasteiger partial charge in [0, 0.05) is 31.5 Å². The number of nitrogens with zero attached hydrogens (tertiary/aromatic N) is 2. The van der Waals surface area contributed by atoms with Crippen LogP contribution in [0.25, 0.3) is 0 Å². The molecule has 3 nitrogen and oxygen atoms in total. The highest BCUT2D eigenvalue weighted by atomic mass is 15.1. The second kappa shape index (κ2) is 7.67. The number of hydrogen-bond acceptors (Lipinski definition) is 3. The van der Waals surface area contributed by atoms with E-state index < -0.39 is 0 Å². The van der Waals surface area contributed by atoms with Crippen molar-refractivity contribution in [2.75, 3.05) is 23.3 Å². The predicted octanol–water partition coefficient (Wildman–Crippen LogP) is 4.24. The second-order valence-electron chi connectivity index (χ2n) is 5.33. The van der Waals surface area contributed by atoms with E-state index in [1.54, 1.807) is 0 Å². The van der Waals surface area contributed by atoms with Crippen molar-refractivity contribution in [3.05, 3.63) is 53.7 Å². The number of hydrogen-bond donors (Lipinski definition) is 1. The molecule has 0 fully saturated rings. The Balaban J connectivity index is 2.02. The van der Waals surface area contributed by atoms with E-state index >= 15 is 0 Å². The second-order valence-corrected chi connectivity index (χ2v) is 5.33. The third-order valence-electron chi connectivity index (χ3n) is 3.54. The van der Waals surface area contributed by atoms with E-state index in [1.807, 2.05) is 6.20 Å². The van der Waals surface area contributed by atoms with Gasteiger partial charge in [-0.3, -0.25) is 0 Å². The minimum atomic E-state index is 0.890. The van der Waals surface area contributed by atoms with Crippen LogP contribution in [0.4, 0.5) is 11.5 Å². The van der Waals surface area contributed by atoms with Crippen molar-refractivity contribution in [2.24, 2.45) is 0 Å². The zero-order valence-corrected chi connectivity index (χ0v) is 13.3. The molecule has 3 heteroatoms. The van der Waals surface area contributed by atoms with Gasteiger partial charge in [-0.25, -0.2) is 4.98 Å². The average Bonchev–Trinajstić information content (AvgIpc) is 2.53. The predicted molar refractivity (Wildman–Crippen MR) is 90.9 cm³/mol. The van der Waals surface area contributed by atoms with Gasteiger partial charge < -0.3 is 10.2 Å². The summed E-state index contributed by atoms with van der Waals surface area (Å²) >= 11 is 0. The largest absolute Gasteiger partial charge is 0.370 e. The fourth-order valence-corrected chi connectivity index (χ4v) is 2.24. The van der Waals surface area contributed by atoms with Crippen LogP contribution in [0.5, 0.6) is 0 Å². The van der Waals surface area contributed by atoms with E-state index in [9.17, 15) is 0 Å². The first-order chi connectivity index (χ1) is 10.2. The Labute approximate surface area is 128 Å². The zero-order chi connectivity index (χ0) is 15.1. The highest BCUT2D eigenvalue weighted by Gasteiger charge is 2.05. The molecule has 0 spiro atoms. The van der Waals surface area contributed by atoms with Gasteiger partial charge in [0.1, 0.15) is 5.82 Å². The van der Waals surface area contributed by atoms with Crippen LogP contribution >= 0.6 is 0 Å². The van der Waals surface area contributed by atoms with Gasteiger partial charge in [0.15, 0.2) is 0 Å². The topological polar surface area (TPSA) is 28.2 Å². The molecule has 0 aliphatic carbocycles. The number of pyridine rings is 1. The van der Waals surface area contributed by atoms with E-state index in [0.29, 0.717) is 0 Å². The van der Waals surface area contributed by atoms with Crippen LogP contribution in [0.1, 0.15) is 31.4 Å². The number of rotatable bonds is 7. The minimum Gasteiger partial charge on any atom is -0.370 e. The monoisotopic (exact) mass is 283 g/mol. The highest BCUT2D eigenvalue weighted by Crippen LogP contribution is 2.18. The van der Waals surface area contributed by atoms with Gasteiger partial charge in [-0.05, 0) is 44.0 Å². The van der Waals surface area contributed by atoms with Crippen molar-refractivity contribution in [3.8, 4) is 0 Å². The van der Waals surface area contributed by atoms with Gasteiger partial charge in [0.05, 0.1) is 0 Å². The summed E-state index contributed by atoms with van der Waals surface area (Å²) in [7, 11) is 0. The fourth-order valence-electron chi connectivity index (χ4n) is 2.24. The first kappa shape index (κ1) is 15.4. The van der Waals surface area contributed by atoms with E-state index in [1.165, 1.54) is 16.8 Å². The molecule has 1 N–H and O–H groups in total. The summed E-state index contributed by atoms with van der Waals surface area (Å²) in [4.78, 5) is 6.83. The van der Waals surface area contributed by atoms with Crippen LogP contribution in [0, 0.1) is 6.92 Å². The quantitative estimate of drug-likeness (QED) is 0.824. The normalized spacial score (nSPS) is 10.4. The van der Waals surface area contributed by atoms with Crippen LogP contribution < -0.4 is 10.2 Å². The summed E-state index contributed by atoms with van der Waals surface area (Å²) < 4.78 is 0. The van der Waals surface area contributed by atoms with E-state index in [-0.39, 0.29) is 0 Å². The van der Waals surface area contributed by atoms with Crippen LogP contribution in [0.3, 0.4) is 0 Å². The van der Waals surface area contributed by atoms with Crippen LogP contribution in [0.15, 0.2) is 42.6 Å². The van der Waals surface area contributed by atoms with Crippen molar-refractivity contribution in [2.45, 2.75) is 33.7 Å². The average molecular weight is 283 g/mol. The van der Waals surface area contributed by atoms with Gasteiger partial charge in [-0.1, -0.05) is 30.7 Å². The Morgan fingerprint density at radius 1 is 1.05 bits per heavy atom. The maximum atomic E-state index is 4.47. The molecular formula is C18H25N3. The Hall–Kier alpha value is -2.03. The fraction of sp³-hybridized carbons (Fsp3) is 0.389. The lowest BCUT2D eigenvalue weighted by Gasteiger charge is -2.23. The zero-order valence-electron chi connectivity index (χ0n) is 13.3. The van der Waals surface area contributed by atoms with Crippen LogP contribution in [-0.2, 0) is 6.54 Å². The molecule has 0 aliphatic rings. The van der Waals surface area contributed by atoms with Crippen molar-refractivity contribution in [1.29, 1.82) is 0 Å². The highest BCUT2D eigenvalue weighted by molar-refractivity contribution is 5.48. The lowest BCUT2D eigenvalue weighted by atomic mass is 10.2. The third kappa shape index (κ3) is 4.48. The summed E-state index contributed by atoms with van der Waals surface area (Å²) in [5.74, 6) is 0.957. The SMILES string of the molecule is CCCNc1ccc(CN(CC)c2ccc(C)cc2)cn1. The lowest BCUT2D eigenvalue weighted by Crippen LogP contribution is -2.22. The summed E-state index contributed by atoms with van der Waals surface area (Å²) in [5, 5.41) is 3.30.